The average Bonchev–Trinajstić information content (AvgIpc) is 2.73. The van der Waals surface area contributed by atoms with Crippen molar-refractivity contribution in [1.29, 1.82) is 0 Å². The van der Waals surface area contributed by atoms with Crippen LogP contribution in [0.15, 0.2) is 30.5 Å². The SMILES string of the molecule is Cl.Nc1ncc(CNCCc2ccccc2F)s1. The third kappa shape index (κ3) is 4.25. The van der Waals surface area contributed by atoms with E-state index in [1.165, 1.54) is 17.4 Å². The highest BCUT2D eigenvalue weighted by molar-refractivity contribution is 7.15. The Morgan fingerprint density at radius 3 is 2.78 bits per heavy atom. The van der Waals surface area contributed by atoms with Crippen LogP contribution in [-0.2, 0) is 13.0 Å². The van der Waals surface area contributed by atoms with Gasteiger partial charge in [-0.25, -0.2) is 9.37 Å². The summed E-state index contributed by atoms with van der Waals surface area (Å²) in [5.74, 6) is -0.142. The fraction of sp³-hybridized carbons (Fsp3) is 0.250. The Morgan fingerprint density at radius 1 is 1.33 bits per heavy atom. The highest BCUT2D eigenvalue weighted by Crippen LogP contribution is 2.13. The highest BCUT2D eigenvalue weighted by atomic mass is 35.5. The molecule has 0 aliphatic heterocycles. The van der Waals surface area contributed by atoms with E-state index >= 15 is 0 Å². The van der Waals surface area contributed by atoms with E-state index in [1.807, 2.05) is 12.1 Å². The van der Waals surface area contributed by atoms with Crippen molar-refractivity contribution < 1.29 is 4.39 Å². The molecule has 2 rings (SSSR count). The lowest BCUT2D eigenvalue weighted by atomic mass is 10.1. The molecule has 98 valence electrons. The van der Waals surface area contributed by atoms with Crippen molar-refractivity contribution in [2.24, 2.45) is 0 Å². The molecule has 0 fully saturated rings. The van der Waals surface area contributed by atoms with Crippen LogP contribution in [0.1, 0.15) is 10.4 Å². The summed E-state index contributed by atoms with van der Waals surface area (Å²) < 4.78 is 13.3. The van der Waals surface area contributed by atoms with Crippen LogP contribution in [0.5, 0.6) is 0 Å². The molecule has 1 aromatic carbocycles. The Hall–Kier alpha value is -1.17. The van der Waals surface area contributed by atoms with Crippen LogP contribution in [0.25, 0.3) is 0 Å². The second kappa shape index (κ2) is 7.31. The molecular formula is C12H15ClFN3S. The van der Waals surface area contributed by atoms with Gasteiger partial charge in [0.2, 0.25) is 0 Å². The van der Waals surface area contributed by atoms with E-state index in [0.29, 0.717) is 11.6 Å². The van der Waals surface area contributed by atoms with Gasteiger partial charge in [-0.1, -0.05) is 18.2 Å². The van der Waals surface area contributed by atoms with Crippen LogP contribution in [-0.4, -0.2) is 11.5 Å². The van der Waals surface area contributed by atoms with E-state index < -0.39 is 0 Å². The Kier molecular flexibility index (Phi) is 6.04. The number of nitrogen functional groups attached to an aromatic ring is 1. The first-order valence-electron chi connectivity index (χ1n) is 5.40. The van der Waals surface area contributed by atoms with Crippen molar-refractivity contribution in [2.45, 2.75) is 13.0 Å². The lowest BCUT2D eigenvalue weighted by Gasteiger charge is -2.04. The first kappa shape index (κ1) is 14.9. The number of benzene rings is 1. The van der Waals surface area contributed by atoms with Crippen molar-refractivity contribution >= 4 is 28.9 Å². The van der Waals surface area contributed by atoms with E-state index in [9.17, 15) is 4.39 Å². The number of anilines is 1. The molecule has 0 bridgehead atoms. The molecule has 0 amide bonds. The van der Waals surface area contributed by atoms with E-state index in [1.54, 1.807) is 12.3 Å². The average molecular weight is 288 g/mol. The molecule has 6 heteroatoms. The van der Waals surface area contributed by atoms with Gasteiger partial charge in [-0.05, 0) is 24.6 Å². The highest BCUT2D eigenvalue weighted by Gasteiger charge is 2.01. The summed E-state index contributed by atoms with van der Waals surface area (Å²) in [5, 5.41) is 3.82. The number of nitrogens with one attached hydrogen (secondary N) is 1. The maximum atomic E-state index is 13.3. The van der Waals surface area contributed by atoms with Gasteiger partial charge in [-0.3, -0.25) is 0 Å². The summed E-state index contributed by atoms with van der Waals surface area (Å²) in [4.78, 5) is 5.06. The number of rotatable bonds is 5. The van der Waals surface area contributed by atoms with E-state index in [4.69, 9.17) is 5.73 Å². The smallest absolute Gasteiger partial charge is 0.180 e. The molecule has 18 heavy (non-hydrogen) atoms. The number of nitrogens with two attached hydrogens (primary N) is 1. The monoisotopic (exact) mass is 287 g/mol. The van der Waals surface area contributed by atoms with Gasteiger partial charge >= 0.3 is 0 Å². The molecule has 1 heterocycles. The van der Waals surface area contributed by atoms with Gasteiger partial charge in [-0.15, -0.1) is 23.7 Å². The fourth-order valence-corrected chi connectivity index (χ4v) is 2.19. The van der Waals surface area contributed by atoms with Gasteiger partial charge in [0.05, 0.1) is 0 Å². The van der Waals surface area contributed by atoms with Crippen LogP contribution in [0.3, 0.4) is 0 Å². The molecule has 0 aliphatic rings. The van der Waals surface area contributed by atoms with Gasteiger partial charge in [-0.2, -0.15) is 0 Å². The topological polar surface area (TPSA) is 50.9 Å². The molecule has 0 spiro atoms. The molecule has 0 unspecified atom stereocenters. The number of aromatic nitrogens is 1. The molecule has 0 aliphatic carbocycles. The van der Waals surface area contributed by atoms with Crippen molar-refractivity contribution in [3.05, 3.63) is 46.7 Å². The zero-order valence-corrected chi connectivity index (χ0v) is 11.4. The Labute approximate surface area is 116 Å². The summed E-state index contributed by atoms with van der Waals surface area (Å²) in [6.45, 7) is 1.46. The molecule has 2 aromatic rings. The van der Waals surface area contributed by atoms with Crippen molar-refractivity contribution in [3.8, 4) is 0 Å². The Morgan fingerprint density at radius 2 is 2.11 bits per heavy atom. The summed E-state index contributed by atoms with van der Waals surface area (Å²) in [7, 11) is 0. The minimum atomic E-state index is -0.142. The van der Waals surface area contributed by atoms with E-state index in [-0.39, 0.29) is 18.2 Å². The molecule has 3 nitrogen and oxygen atoms in total. The van der Waals surface area contributed by atoms with Crippen LogP contribution in [0.2, 0.25) is 0 Å². The molecule has 1 aromatic heterocycles. The maximum absolute atomic E-state index is 13.3. The predicted octanol–water partition coefficient (Wildman–Crippen LogP) is 2.62. The van der Waals surface area contributed by atoms with Crippen LogP contribution in [0, 0.1) is 5.82 Å². The van der Waals surface area contributed by atoms with Gasteiger partial charge < -0.3 is 11.1 Å². The van der Waals surface area contributed by atoms with Gasteiger partial charge in [0.1, 0.15) is 5.82 Å². The van der Waals surface area contributed by atoms with Crippen LogP contribution >= 0.6 is 23.7 Å². The molecule has 0 saturated carbocycles. The fourth-order valence-electron chi connectivity index (χ4n) is 1.54. The first-order chi connectivity index (χ1) is 8.25. The summed E-state index contributed by atoms with van der Waals surface area (Å²) in [5.41, 5.74) is 6.26. The minimum absolute atomic E-state index is 0. The minimum Gasteiger partial charge on any atom is -0.375 e. The maximum Gasteiger partial charge on any atom is 0.180 e. The summed E-state index contributed by atoms with van der Waals surface area (Å²) >= 11 is 1.47. The van der Waals surface area contributed by atoms with Crippen molar-refractivity contribution in [1.82, 2.24) is 10.3 Å². The normalized spacial score (nSPS) is 10.1. The number of hydrogen-bond acceptors (Lipinski definition) is 4. The molecular weight excluding hydrogens is 273 g/mol. The standard InChI is InChI=1S/C12H14FN3S.ClH/c13-11-4-2-1-3-9(11)5-6-15-7-10-8-16-12(14)17-10;/h1-4,8,15H,5-7H2,(H2,14,16);1H. The number of nitrogens with zero attached hydrogens (tertiary/aromatic N) is 1. The lowest BCUT2D eigenvalue weighted by molar-refractivity contribution is 0.598. The molecule has 3 N–H and O–H groups in total. The third-order valence-corrected chi connectivity index (χ3v) is 3.23. The predicted molar refractivity (Wildman–Crippen MR) is 75.6 cm³/mol. The summed E-state index contributed by atoms with van der Waals surface area (Å²) in [6, 6.07) is 6.84. The Bertz CT molecular complexity index is 490. The zero-order chi connectivity index (χ0) is 12.1. The van der Waals surface area contributed by atoms with E-state index in [0.717, 1.165) is 23.5 Å². The Balaban J connectivity index is 0.00000162. The molecule has 0 atom stereocenters. The zero-order valence-electron chi connectivity index (χ0n) is 9.73. The summed E-state index contributed by atoms with van der Waals surface area (Å²) in [6.07, 6.45) is 2.44. The van der Waals surface area contributed by atoms with Gasteiger partial charge in [0.15, 0.2) is 5.13 Å². The number of hydrogen-bond donors (Lipinski definition) is 2. The molecule has 0 saturated heterocycles. The largest absolute Gasteiger partial charge is 0.375 e. The second-order valence-corrected chi connectivity index (χ2v) is 4.83. The van der Waals surface area contributed by atoms with Crippen LogP contribution < -0.4 is 11.1 Å². The molecule has 0 radical (unpaired) electrons. The number of thiazole rings is 1. The lowest BCUT2D eigenvalue weighted by Crippen LogP contribution is -2.16. The number of halogens is 2. The quantitative estimate of drug-likeness (QED) is 0.831. The second-order valence-electron chi connectivity index (χ2n) is 3.68. The van der Waals surface area contributed by atoms with Gasteiger partial charge in [0.25, 0.3) is 0 Å². The van der Waals surface area contributed by atoms with Crippen molar-refractivity contribution in [3.63, 3.8) is 0 Å². The third-order valence-electron chi connectivity index (χ3n) is 2.40. The van der Waals surface area contributed by atoms with Crippen LogP contribution in [0.4, 0.5) is 9.52 Å². The van der Waals surface area contributed by atoms with Gasteiger partial charge in [0, 0.05) is 17.6 Å². The van der Waals surface area contributed by atoms with Crippen molar-refractivity contribution in [2.75, 3.05) is 12.3 Å². The first-order valence-corrected chi connectivity index (χ1v) is 6.21. The van der Waals surface area contributed by atoms with E-state index in [2.05, 4.69) is 10.3 Å².